The number of benzene rings is 4. The van der Waals surface area contributed by atoms with Gasteiger partial charge in [-0.1, -0.05) is 72.3 Å². The van der Waals surface area contributed by atoms with E-state index in [0.717, 1.165) is 33.2 Å². The molecule has 0 aliphatic carbocycles. The molecule has 30 heavy (non-hydrogen) atoms. The highest BCUT2D eigenvalue weighted by molar-refractivity contribution is 7.89. The van der Waals surface area contributed by atoms with Gasteiger partial charge in [-0.05, 0) is 53.1 Å². The number of sulfonamides is 1. The number of fused-ring (bicyclic) bond motifs is 1. The summed E-state index contributed by atoms with van der Waals surface area (Å²) in [6, 6.07) is 27.7. The number of nitrogens with one attached hydrogen (secondary N) is 1. The largest absolute Gasteiger partial charge is 0.497 e. The molecule has 0 radical (unpaired) electrons. The summed E-state index contributed by atoms with van der Waals surface area (Å²) in [5.74, 6) is 0.736. The second-order valence-electron chi connectivity index (χ2n) is 7.25. The van der Waals surface area contributed by atoms with Crippen molar-refractivity contribution >= 4 is 20.8 Å². The van der Waals surface area contributed by atoms with E-state index in [0.29, 0.717) is 0 Å². The minimum absolute atomic E-state index is 0.230. The van der Waals surface area contributed by atoms with Crippen LogP contribution in [0.4, 0.5) is 0 Å². The molecule has 0 amide bonds. The van der Waals surface area contributed by atoms with Gasteiger partial charge < -0.3 is 4.74 Å². The first-order valence-corrected chi connectivity index (χ1v) is 11.2. The second-order valence-corrected chi connectivity index (χ2v) is 8.97. The molecule has 1 N–H and O–H groups in total. The Labute approximate surface area is 177 Å². The molecule has 4 nitrogen and oxygen atoms in total. The number of ether oxygens (including phenoxy) is 1. The first-order chi connectivity index (χ1) is 14.5. The van der Waals surface area contributed by atoms with Gasteiger partial charge >= 0.3 is 0 Å². The third-order valence-corrected chi connectivity index (χ3v) is 6.53. The van der Waals surface area contributed by atoms with E-state index in [9.17, 15) is 8.42 Å². The van der Waals surface area contributed by atoms with Gasteiger partial charge in [0.25, 0.3) is 0 Å². The number of hydrogen-bond acceptors (Lipinski definition) is 3. The van der Waals surface area contributed by atoms with Crippen molar-refractivity contribution in [3.05, 3.63) is 108 Å². The van der Waals surface area contributed by atoms with Gasteiger partial charge in [0.1, 0.15) is 5.75 Å². The van der Waals surface area contributed by atoms with Crippen molar-refractivity contribution in [2.24, 2.45) is 0 Å². The molecule has 0 fully saturated rings. The molecule has 0 spiro atoms. The predicted octanol–water partition coefficient (Wildman–Crippen LogP) is 5.22. The zero-order chi connectivity index (χ0) is 21.1. The van der Waals surface area contributed by atoms with Gasteiger partial charge in [-0.2, -0.15) is 4.72 Å². The molecule has 0 unspecified atom stereocenters. The van der Waals surface area contributed by atoms with Gasteiger partial charge in [-0.25, -0.2) is 8.42 Å². The van der Waals surface area contributed by atoms with Crippen LogP contribution in [0.5, 0.6) is 5.75 Å². The lowest BCUT2D eigenvalue weighted by Gasteiger charge is -2.20. The minimum atomic E-state index is -3.76. The Morgan fingerprint density at radius 1 is 0.767 bits per heavy atom. The Morgan fingerprint density at radius 3 is 2.20 bits per heavy atom. The van der Waals surface area contributed by atoms with Crippen LogP contribution >= 0.6 is 0 Å². The normalized spacial score (nSPS) is 12.6. The molecule has 0 saturated carbocycles. The molecule has 4 aromatic rings. The van der Waals surface area contributed by atoms with Crippen LogP contribution in [-0.4, -0.2) is 15.5 Å². The van der Waals surface area contributed by atoms with E-state index in [1.165, 1.54) is 0 Å². The Balaban J connectivity index is 1.74. The van der Waals surface area contributed by atoms with Crippen molar-refractivity contribution in [3.63, 3.8) is 0 Å². The van der Waals surface area contributed by atoms with Gasteiger partial charge in [0.05, 0.1) is 18.0 Å². The van der Waals surface area contributed by atoms with E-state index in [-0.39, 0.29) is 4.90 Å². The zero-order valence-electron chi connectivity index (χ0n) is 16.9. The predicted molar refractivity (Wildman–Crippen MR) is 120 cm³/mol. The number of rotatable bonds is 6. The fraction of sp³-hybridized carbons (Fsp3) is 0.120. The van der Waals surface area contributed by atoms with Crippen molar-refractivity contribution in [2.75, 3.05) is 7.11 Å². The lowest BCUT2D eigenvalue weighted by molar-refractivity contribution is 0.415. The quantitative estimate of drug-likeness (QED) is 0.468. The van der Waals surface area contributed by atoms with E-state index in [1.54, 1.807) is 25.3 Å². The minimum Gasteiger partial charge on any atom is -0.497 e. The van der Waals surface area contributed by atoms with Crippen LogP contribution < -0.4 is 9.46 Å². The maximum Gasteiger partial charge on any atom is 0.241 e. The molecule has 0 aliphatic heterocycles. The van der Waals surface area contributed by atoms with E-state index >= 15 is 0 Å². The van der Waals surface area contributed by atoms with Crippen molar-refractivity contribution in [2.45, 2.75) is 17.9 Å². The average Bonchev–Trinajstić information content (AvgIpc) is 2.77. The molecule has 152 valence electrons. The third kappa shape index (κ3) is 4.22. The summed E-state index contributed by atoms with van der Waals surface area (Å²) in [6.45, 7) is 2.00. The smallest absolute Gasteiger partial charge is 0.241 e. The third-order valence-electron chi connectivity index (χ3n) is 5.11. The van der Waals surface area contributed by atoms with Gasteiger partial charge in [0, 0.05) is 0 Å². The van der Waals surface area contributed by atoms with Crippen molar-refractivity contribution in [1.29, 1.82) is 0 Å². The molecular weight excluding hydrogens is 394 g/mol. The Hall–Kier alpha value is -3.15. The Morgan fingerprint density at radius 2 is 1.47 bits per heavy atom. The highest BCUT2D eigenvalue weighted by Crippen LogP contribution is 2.27. The van der Waals surface area contributed by atoms with Crippen LogP contribution in [0.15, 0.2) is 95.9 Å². The van der Waals surface area contributed by atoms with E-state index in [1.807, 2.05) is 79.7 Å². The summed E-state index contributed by atoms with van der Waals surface area (Å²) in [4.78, 5) is 0.230. The fourth-order valence-electron chi connectivity index (χ4n) is 3.54. The number of methoxy groups -OCH3 is 1. The van der Waals surface area contributed by atoms with Crippen LogP contribution in [0.2, 0.25) is 0 Å². The van der Waals surface area contributed by atoms with Crippen LogP contribution in [0.3, 0.4) is 0 Å². The number of aryl methyl sites for hydroxylation is 1. The highest BCUT2D eigenvalue weighted by atomic mass is 32.2. The van der Waals surface area contributed by atoms with E-state index in [2.05, 4.69) is 4.72 Å². The van der Waals surface area contributed by atoms with Gasteiger partial charge in [-0.15, -0.1) is 0 Å². The van der Waals surface area contributed by atoms with Crippen molar-refractivity contribution < 1.29 is 13.2 Å². The van der Waals surface area contributed by atoms with Crippen molar-refractivity contribution in [3.8, 4) is 5.75 Å². The van der Waals surface area contributed by atoms with Gasteiger partial charge in [0.15, 0.2) is 0 Å². The molecule has 0 aromatic heterocycles. The average molecular weight is 418 g/mol. The summed E-state index contributed by atoms with van der Waals surface area (Å²) < 4.78 is 34.8. The monoisotopic (exact) mass is 417 g/mol. The molecule has 5 heteroatoms. The topological polar surface area (TPSA) is 55.4 Å². The molecule has 0 aliphatic rings. The maximum atomic E-state index is 13.3. The van der Waals surface area contributed by atoms with E-state index in [4.69, 9.17) is 4.74 Å². The highest BCUT2D eigenvalue weighted by Gasteiger charge is 2.23. The molecule has 4 aromatic carbocycles. The molecule has 4 rings (SSSR count). The standard InChI is InChI=1S/C25H23NO3S/c1-18-7-6-10-22(15-18)25(19-8-4-3-5-9-19)26-30(27,28)24-14-12-20-16-23(29-2)13-11-21(20)17-24/h3-17,25-26H,1-2H3/t25-/m1/s1. The molecule has 1 atom stereocenters. The Kier molecular flexibility index (Phi) is 5.57. The summed E-state index contributed by atoms with van der Waals surface area (Å²) >= 11 is 0. The first kappa shape index (κ1) is 20.1. The van der Waals surface area contributed by atoms with Crippen molar-refractivity contribution in [1.82, 2.24) is 4.72 Å². The summed E-state index contributed by atoms with van der Waals surface area (Å²) in [5, 5.41) is 1.76. The van der Waals surface area contributed by atoms with Gasteiger partial charge in [-0.3, -0.25) is 0 Å². The summed E-state index contributed by atoms with van der Waals surface area (Å²) in [6.07, 6.45) is 0. The van der Waals surface area contributed by atoms with Crippen LogP contribution in [0, 0.1) is 6.92 Å². The van der Waals surface area contributed by atoms with Crippen LogP contribution in [0.1, 0.15) is 22.7 Å². The SMILES string of the molecule is COc1ccc2cc(S(=O)(=O)N[C@H](c3ccccc3)c3cccc(C)c3)ccc2c1. The van der Waals surface area contributed by atoms with E-state index < -0.39 is 16.1 Å². The summed E-state index contributed by atoms with van der Waals surface area (Å²) in [5.41, 5.74) is 2.86. The molecule has 0 saturated heterocycles. The summed E-state index contributed by atoms with van der Waals surface area (Å²) in [7, 11) is -2.15. The van der Waals surface area contributed by atoms with Crippen LogP contribution in [0.25, 0.3) is 10.8 Å². The molecule has 0 bridgehead atoms. The lowest BCUT2D eigenvalue weighted by atomic mass is 9.98. The molecule has 0 heterocycles. The number of hydrogen-bond donors (Lipinski definition) is 1. The Bertz CT molecular complexity index is 1280. The van der Waals surface area contributed by atoms with Crippen LogP contribution in [-0.2, 0) is 10.0 Å². The second kappa shape index (κ2) is 8.30. The first-order valence-electron chi connectivity index (χ1n) is 9.68. The zero-order valence-corrected chi connectivity index (χ0v) is 17.7. The fourth-order valence-corrected chi connectivity index (χ4v) is 4.79. The molecular formula is C25H23NO3S. The maximum absolute atomic E-state index is 13.3. The van der Waals surface area contributed by atoms with Gasteiger partial charge in [0.2, 0.25) is 10.0 Å². The lowest BCUT2D eigenvalue weighted by Crippen LogP contribution is -2.29.